The number of nitrogens with one attached hydrogen (secondary N) is 1. The summed E-state index contributed by atoms with van der Waals surface area (Å²) < 4.78 is 27.1. The van der Waals surface area contributed by atoms with Crippen molar-refractivity contribution in [1.29, 1.82) is 0 Å². The molecule has 1 aliphatic heterocycles. The highest BCUT2D eigenvalue weighted by molar-refractivity contribution is 7.89. The lowest BCUT2D eigenvalue weighted by Gasteiger charge is -2.17. The van der Waals surface area contributed by atoms with Crippen molar-refractivity contribution in [2.75, 3.05) is 18.4 Å². The van der Waals surface area contributed by atoms with E-state index in [2.05, 4.69) is 10.3 Å². The van der Waals surface area contributed by atoms with Crippen molar-refractivity contribution in [3.8, 4) is 10.6 Å². The zero-order chi connectivity index (χ0) is 21.1. The van der Waals surface area contributed by atoms with E-state index in [1.807, 2.05) is 35.7 Å². The molecular formula is C21H20ClN3O3S2. The van der Waals surface area contributed by atoms with Crippen LogP contribution in [-0.4, -0.2) is 36.7 Å². The molecule has 2 heterocycles. The van der Waals surface area contributed by atoms with Gasteiger partial charge in [0.2, 0.25) is 15.9 Å². The van der Waals surface area contributed by atoms with Gasteiger partial charge in [0.05, 0.1) is 17.1 Å². The highest BCUT2D eigenvalue weighted by Crippen LogP contribution is 2.30. The van der Waals surface area contributed by atoms with Crippen LogP contribution in [0.4, 0.5) is 5.69 Å². The van der Waals surface area contributed by atoms with Gasteiger partial charge in [-0.3, -0.25) is 4.79 Å². The third-order valence-electron chi connectivity index (χ3n) is 4.81. The lowest BCUT2D eigenvalue weighted by molar-refractivity contribution is -0.115. The molecule has 0 aliphatic carbocycles. The molecule has 156 valence electrons. The molecule has 2 aromatic carbocycles. The second-order valence-electron chi connectivity index (χ2n) is 6.99. The summed E-state index contributed by atoms with van der Waals surface area (Å²) in [6.07, 6.45) is 1.78. The molecule has 0 bridgehead atoms. The lowest BCUT2D eigenvalue weighted by atomic mass is 10.2. The third kappa shape index (κ3) is 4.57. The second-order valence-corrected chi connectivity index (χ2v) is 10.2. The number of hydrogen-bond donors (Lipinski definition) is 1. The molecule has 4 rings (SSSR count). The van der Waals surface area contributed by atoms with Gasteiger partial charge in [-0.2, -0.15) is 4.31 Å². The third-order valence-corrected chi connectivity index (χ3v) is 8.13. The smallest absolute Gasteiger partial charge is 0.244 e. The Morgan fingerprint density at radius 1 is 1.13 bits per heavy atom. The fraction of sp³-hybridized carbons (Fsp3) is 0.238. The van der Waals surface area contributed by atoms with E-state index in [4.69, 9.17) is 11.6 Å². The molecule has 0 atom stereocenters. The molecule has 30 heavy (non-hydrogen) atoms. The van der Waals surface area contributed by atoms with Gasteiger partial charge in [0.15, 0.2) is 0 Å². The molecule has 0 saturated carbocycles. The molecule has 9 heteroatoms. The number of carbonyl (C=O) groups excluding carboxylic acids is 1. The fourth-order valence-electron chi connectivity index (χ4n) is 3.32. The van der Waals surface area contributed by atoms with Crippen molar-refractivity contribution >= 4 is 44.6 Å². The number of carbonyl (C=O) groups is 1. The van der Waals surface area contributed by atoms with Gasteiger partial charge in [-0.05, 0) is 31.0 Å². The van der Waals surface area contributed by atoms with Crippen LogP contribution < -0.4 is 5.32 Å². The van der Waals surface area contributed by atoms with Crippen LogP contribution in [0, 0.1) is 0 Å². The number of nitrogens with zero attached hydrogens (tertiary/aromatic N) is 2. The Balaban J connectivity index is 1.47. The minimum Gasteiger partial charge on any atom is -0.326 e. The molecule has 1 saturated heterocycles. The first-order valence-electron chi connectivity index (χ1n) is 9.53. The molecule has 0 unspecified atom stereocenters. The van der Waals surface area contributed by atoms with Crippen LogP contribution in [0.2, 0.25) is 5.02 Å². The van der Waals surface area contributed by atoms with E-state index in [1.165, 1.54) is 27.8 Å². The van der Waals surface area contributed by atoms with Crippen LogP contribution in [0.25, 0.3) is 10.6 Å². The number of thiazole rings is 1. The Hall–Kier alpha value is -2.26. The first-order valence-corrected chi connectivity index (χ1v) is 12.2. The first kappa shape index (κ1) is 21.0. The van der Waals surface area contributed by atoms with E-state index >= 15 is 0 Å². The van der Waals surface area contributed by atoms with E-state index < -0.39 is 10.0 Å². The molecule has 3 aromatic rings. The van der Waals surface area contributed by atoms with Crippen molar-refractivity contribution in [2.24, 2.45) is 0 Å². The summed E-state index contributed by atoms with van der Waals surface area (Å²) in [7, 11) is -3.67. The van der Waals surface area contributed by atoms with Gasteiger partial charge in [0.25, 0.3) is 0 Å². The zero-order valence-corrected chi connectivity index (χ0v) is 18.4. The van der Waals surface area contributed by atoms with Gasteiger partial charge in [-0.1, -0.05) is 41.9 Å². The Morgan fingerprint density at radius 3 is 2.60 bits per heavy atom. The van der Waals surface area contributed by atoms with E-state index in [9.17, 15) is 13.2 Å². The number of benzene rings is 2. The maximum Gasteiger partial charge on any atom is 0.244 e. The van der Waals surface area contributed by atoms with Crippen LogP contribution in [-0.2, 0) is 21.2 Å². The van der Waals surface area contributed by atoms with E-state index in [1.54, 1.807) is 6.07 Å². The Labute approximate surface area is 184 Å². The number of sulfonamides is 1. The van der Waals surface area contributed by atoms with Gasteiger partial charge in [-0.15, -0.1) is 11.3 Å². The number of aromatic nitrogens is 1. The first-order chi connectivity index (χ1) is 14.4. The summed E-state index contributed by atoms with van der Waals surface area (Å²) in [6.45, 7) is 0.978. The fourth-order valence-corrected chi connectivity index (χ4v) is 6.16. The number of rotatable bonds is 6. The number of amides is 1. The van der Waals surface area contributed by atoms with E-state index in [0.29, 0.717) is 24.5 Å². The highest BCUT2D eigenvalue weighted by atomic mass is 35.5. The topological polar surface area (TPSA) is 79.4 Å². The second kappa shape index (κ2) is 8.85. The Kier molecular flexibility index (Phi) is 6.19. The molecule has 6 nitrogen and oxygen atoms in total. The maximum atomic E-state index is 12.8. The Bertz CT molecular complexity index is 1160. The van der Waals surface area contributed by atoms with Crippen LogP contribution in [0.1, 0.15) is 18.5 Å². The molecule has 1 fully saturated rings. The predicted octanol–water partition coefficient (Wildman–Crippen LogP) is 4.43. The predicted molar refractivity (Wildman–Crippen MR) is 119 cm³/mol. The van der Waals surface area contributed by atoms with Crippen molar-refractivity contribution in [3.05, 3.63) is 64.6 Å². The highest BCUT2D eigenvalue weighted by Gasteiger charge is 2.29. The molecule has 1 aromatic heterocycles. The van der Waals surface area contributed by atoms with Crippen molar-refractivity contribution in [1.82, 2.24) is 9.29 Å². The lowest BCUT2D eigenvalue weighted by Crippen LogP contribution is -2.28. The van der Waals surface area contributed by atoms with Crippen LogP contribution in [0.5, 0.6) is 0 Å². The monoisotopic (exact) mass is 461 g/mol. The van der Waals surface area contributed by atoms with E-state index in [0.717, 1.165) is 23.4 Å². The van der Waals surface area contributed by atoms with Crippen molar-refractivity contribution < 1.29 is 13.2 Å². The quantitative estimate of drug-likeness (QED) is 0.589. The standard InChI is InChI=1S/C21H20ClN3O3S2/c22-18-9-8-16(12-19(18)30(27,28)25-10-4-5-11-25)23-20(26)13-17-14-29-21(24-17)15-6-2-1-3-7-15/h1-3,6-9,12,14H,4-5,10-11,13H2,(H,23,26). The van der Waals surface area contributed by atoms with Gasteiger partial charge < -0.3 is 5.32 Å². The molecular weight excluding hydrogens is 442 g/mol. The maximum absolute atomic E-state index is 12.8. The van der Waals surface area contributed by atoms with Crippen LogP contribution in [0.3, 0.4) is 0 Å². The zero-order valence-electron chi connectivity index (χ0n) is 16.0. The summed E-state index contributed by atoms with van der Waals surface area (Å²) in [5, 5.41) is 5.60. The van der Waals surface area contributed by atoms with Gasteiger partial charge in [-0.25, -0.2) is 13.4 Å². The summed E-state index contributed by atoms with van der Waals surface area (Å²) in [5.41, 5.74) is 2.06. The normalized spacial score (nSPS) is 14.7. The van der Waals surface area contributed by atoms with Crippen molar-refractivity contribution in [3.63, 3.8) is 0 Å². The average Bonchev–Trinajstić information content (AvgIpc) is 3.42. The summed E-state index contributed by atoms with van der Waals surface area (Å²) in [4.78, 5) is 17.0. The number of hydrogen-bond acceptors (Lipinski definition) is 5. The summed E-state index contributed by atoms with van der Waals surface area (Å²) in [5.74, 6) is -0.272. The molecule has 0 spiro atoms. The van der Waals surface area contributed by atoms with Gasteiger partial charge >= 0.3 is 0 Å². The van der Waals surface area contributed by atoms with Gasteiger partial charge in [0, 0.05) is 29.7 Å². The molecule has 1 N–H and O–H groups in total. The van der Waals surface area contributed by atoms with Crippen LogP contribution in [0.15, 0.2) is 58.8 Å². The van der Waals surface area contributed by atoms with Crippen molar-refractivity contribution in [2.45, 2.75) is 24.2 Å². The average molecular weight is 462 g/mol. The minimum absolute atomic E-state index is 0.0175. The molecule has 1 aliphatic rings. The van der Waals surface area contributed by atoms with Gasteiger partial charge in [0.1, 0.15) is 9.90 Å². The number of anilines is 1. The SMILES string of the molecule is O=C(Cc1csc(-c2ccccc2)n1)Nc1ccc(Cl)c(S(=O)(=O)N2CCCC2)c1. The van der Waals surface area contributed by atoms with Crippen LogP contribution >= 0.6 is 22.9 Å². The minimum atomic E-state index is -3.67. The Morgan fingerprint density at radius 2 is 1.87 bits per heavy atom. The summed E-state index contributed by atoms with van der Waals surface area (Å²) >= 11 is 7.64. The number of halogens is 1. The summed E-state index contributed by atoms with van der Waals surface area (Å²) in [6, 6.07) is 14.3. The largest absolute Gasteiger partial charge is 0.326 e. The molecule has 0 radical (unpaired) electrons. The van der Waals surface area contributed by atoms with E-state index in [-0.39, 0.29) is 22.2 Å². The molecule has 1 amide bonds.